The summed E-state index contributed by atoms with van der Waals surface area (Å²) < 4.78 is 25.6. The van der Waals surface area contributed by atoms with E-state index in [4.69, 9.17) is 0 Å². The third kappa shape index (κ3) is 1.41. The van der Waals surface area contributed by atoms with E-state index in [2.05, 4.69) is 21.2 Å². The lowest BCUT2D eigenvalue weighted by molar-refractivity contribution is 0.0965. The van der Waals surface area contributed by atoms with Gasteiger partial charge in [-0.2, -0.15) is 0 Å². The van der Waals surface area contributed by atoms with Crippen LogP contribution in [0.5, 0.6) is 0 Å². The summed E-state index contributed by atoms with van der Waals surface area (Å²) in [6.45, 7) is 0.196. The van der Waals surface area contributed by atoms with Gasteiger partial charge in [0.2, 0.25) is 0 Å². The number of amides is 1. The minimum atomic E-state index is -2.55. The normalized spacial score (nSPS) is 14.4. The number of benzene rings is 1. The van der Waals surface area contributed by atoms with Gasteiger partial charge >= 0.3 is 0 Å². The zero-order chi connectivity index (χ0) is 10.3. The van der Waals surface area contributed by atoms with Gasteiger partial charge in [-0.1, -0.05) is 15.9 Å². The fourth-order valence-electron chi connectivity index (χ4n) is 1.52. The van der Waals surface area contributed by atoms with Gasteiger partial charge in [0.25, 0.3) is 12.3 Å². The SMILES string of the molecule is O=C1NCc2c1cc(Br)cc2C(F)F. The van der Waals surface area contributed by atoms with E-state index in [9.17, 15) is 13.6 Å². The number of alkyl halides is 2. The molecule has 1 amide bonds. The fourth-order valence-corrected chi connectivity index (χ4v) is 1.99. The van der Waals surface area contributed by atoms with E-state index in [1.165, 1.54) is 6.07 Å². The Morgan fingerprint density at radius 1 is 1.43 bits per heavy atom. The molecule has 2 rings (SSSR count). The number of carbonyl (C=O) groups excluding carboxylic acids is 1. The maximum Gasteiger partial charge on any atom is 0.264 e. The minimum Gasteiger partial charge on any atom is -0.348 e. The first-order valence-electron chi connectivity index (χ1n) is 3.98. The lowest BCUT2D eigenvalue weighted by atomic mass is 10.0. The molecule has 1 heterocycles. The van der Waals surface area contributed by atoms with Crippen molar-refractivity contribution in [3.8, 4) is 0 Å². The Bertz CT molecular complexity index is 406. The van der Waals surface area contributed by atoms with Crippen molar-refractivity contribution in [3.05, 3.63) is 33.3 Å². The molecule has 0 spiro atoms. The molecular weight excluding hydrogens is 256 g/mol. The van der Waals surface area contributed by atoms with Crippen molar-refractivity contribution in [3.63, 3.8) is 0 Å². The summed E-state index contributed by atoms with van der Waals surface area (Å²) in [7, 11) is 0. The standard InChI is InChI=1S/C9H6BrF2NO/c10-4-1-5(8(11)12)7-3-13-9(14)6(7)2-4/h1-2,8H,3H2,(H,13,14). The van der Waals surface area contributed by atoms with E-state index in [0.717, 1.165) is 0 Å². The molecule has 1 aliphatic heterocycles. The molecule has 0 radical (unpaired) electrons. The Morgan fingerprint density at radius 3 is 2.79 bits per heavy atom. The molecule has 0 unspecified atom stereocenters. The second-order valence-corrected chi connectivity index (χ2v) is 3.92. The second kappa shape index (κ2) is 3.31. The Kier molecular flexibility index (Phi) is 2.26. The maximum absolute atomic E-state index is 12.6. The summed E-state index contributed by atoms with van der Waals surface area (Å²) in [5.74, 6) is -0.289. The third-order valence-electron chi connectivity index (χ3n) is 2.15. The van der Waals surface area contributed by atoms with E-state index >= 15 is 0 Å². The van der Waals surface area contributed by atoms with Gasteiger partial charge in [0.05, 0.1) is 0 Å². The molecule has 0 aliphatic carbocycles. The first-order valence-corrected chi connectivity index (χ1v) is 4.77. The van der Waals surface area contributed by atoms with E-state index in [0.29, 0.717) is 15.6 Å². The van der Waals surface area contributed by atoms with Crippen molar-refractivity contribution >= 4 is 21.8 Å². The molecule has 0 aromatic heterocycles. The van der Waals surface area contributed by atoms with Crippen LogP contribution in [0.3, 0.4) is 0 Å². The average molecular weight is 262 g/mol. The lowest BCUT2D eigenvalue weighted by Gasteiger charge is -2.06. The van der Waals surface area contributed by atoms with Crippen molar-refractivity contribution in [2.45, 2.75) is 13.0 Å². The summed E-state index contributed by atoms with van der Waals surface area (Å²) in [6, 6.07) is 2.91. The van der Waals surface area contributed by atoms with E-state index in [1.54, 1.807) is 6.07 Å². The van der Waals surface area contributed by atoms with Crippen molar-refractivity contribution in [2.75, 3.05) is 0 Å². The number of rotatable bonds is 1. The molecule has 5 heteroatoms. The maximum atomic E-state index is 12.6. The molecule has 0 saturated carbocycles. The zero-order valence-electron chi connectivity index (χ0n) is 6.98. The highest BCUT2D eigenvalue weighted by atomic mass is 79.9. The van der Waals surface area contributed by atoms with E-state index in [-0.39, 0.29) is 18.0 Å². The Hall–Kier alpha value is -0.970. The molecule has 2 nitrogen and oxygen atoms in total. The highest BCUT2D eigenvalue weighted by Gasteiger charge is 2.25. The Morgan fingerprint density at radius 2 is 2.14 bits per heavy atom. The van der Waals surface area contributed by atoms with Gasteiger partial charge in [-0.25, -0.2) is 8.78 Å². The number of carbonyl (C=O) groups is 1. The van der Waals surface area contributed by atoms with Crippen LogP contribution in [-0.4, -0.2) is 5.91 Å². The van der Waals surface area contributed by atoms with Crippen LogP contribution in [0, 0.1) is 0 Å². The van der Waals surface area contributed by atoms with Gasteiger partial charge < -0.3 is 5.32 Å². The highest BCUT2D eigenvalue weighted by molar-refractivity contribution is 9.10. The minimum absolute atomic E-state index is 0.0762. The second-order valence-electron chi connectivity index (χ2n) is 3.00. The van der Waals surface area contributed by atoms with Crippen LogP contribution in [0.25, 0.3) is 0 Å². The van der Waals surface area contributed by atoms with Gasteiger partial charge in [0, 0.05) is 22.1 Å². The van der Waals surface area contributed by atoms with Crippen LogP contribution in [0.15, 0.2) is 16.6 Å². The Labute approximate surface area is 87.4 Å². The lowest BCUT2D eigenvalue weighted by Crippen LogP contribution is -2.12. The van der Waals surface area contributed by atoms with Gasteiger partial charge in [-0.05, 0) is 17.7 Å². The predicted molar refractivity (Wildman–Crippen MR) is 50.3 cm³/mol. The quantitative estimate of drug-likeness (QED) is 0.828. The van der Waals surface area contributed by atoms with Gasteiger partial charge in [-0.3, -0.25) is 4.79 Å². The Balaban J connectivity index is 2.63. The summed E-state index contributed by atoms with van der Waals surface area (Å²) in [5.41, 5.74) is 0.676. The first kappa shape index (κ1) is 9.58. The van der Waals surface area contributed by atoms with Crippen LogP contribution in [-0.2, 0) is 6.54 Å². The summed E-state index contributed by atoms with van der Waals surface area (Å²) >= 11 is 3.10. The molecule has 1 aliphatic rings. The monoisotopic (exact) mass is 261 g/mol. The molecule has 0 fully saturated rings. The topological polar surface area (TPSA) is 29.1 Å². The predicted octanol–water partition coefficient (Wildman–Crippen LogP) is 2.63. The van der Waals surface area contributed by atoms with Crippen molar-refractivity contribution < 1.29 is 13.6 Å². The van der Waals surface area contributed by atoms with Crippen molar-refractivity contribution in [1.29, 1.82) is 0 Å². The van der Waals surface area contributed by atoms with Gasteiger partial charge in [0.15, 0.2) is 0 Å². The molecule has 0 bridgehead atoms. The van der Waals surface area contributed by atoms with Crippen LogP contribution < -0.4 is 5.32 Å². The first-order chi connectivity index (χ1) is 6.59. The summed E-state index contributed by atoms with van der Waals surface area (Å²) in [4.78, 5) is 11.2. The van der Waals surface area contributed by atoms with E-state index in [1.807, 2.05) is 0 Å². The molecule has 1 aromatic rings. The van der Waals surface area contributed by atoms with Crippen LogP contribution >= 0.6 is 15.9 Å². The van der Waals surface area contributed by atoms with Crippen LogP contribution in [0.1, 0.15) is 27.9 Å². The molecule has 1 aromatic carbocycles. The molecule has 14 heavy (non-hydrogen) atoms. The largest absolute Gasteiger partial charge is 0.348 e. The van der Waals surface area contributed by atoms with Crippen LogP contribution in [0.4, 0.5) is 8.78 Å². The average Bonchev–Trinajstić information content (AvgIpc) is 2.47. The zero-order valence-corrected chi connectivity index (χ0v) is 8.57. The number of hydrogen-bond acceptors (Lipinski definition) is 1. The number of hydrogen-bond donors (Lipinski definition) is 1. The molecule has 0 saturated heterocycles. The molecular formula is C9H6BrF2NO. The summed E-state index contributed by atoms with van der Waals surface area (Å²) in [6.07, 6.45) is -2.55. The number of halogens is 3. The smallest absolute Gasteiger partial charge is 0.264 e. The number of nitrogens with one attached hydrogen (secondary N) is 1. The highest BCUT2D eigenvalue weighted by Crippen LogP contribution is 2.31. The van der Waals surface area contributed by atoms with Gasteiger partial charge in [-0.15, -0.1) is 0 Å². The van der Waals surface area contributed by atoms with E-state index < -0.39 is 6.43 Å². The van der Waals surface area contributed by atoms with Gasteiger partial charge in [0.1, 0.15) is 0 Å². The fraction of sp³-hybridized carbons (Fsp3) is 0.222. The van der Waals surface area contributed by atoms with Crippen molar-refractivity contribution in [1.82, 2.24) is 5.32 Å². The van der Waals surface area contributed by atoms with Crippen LogP contribution in [0.2, 0.25) is 0 Å². The molecule has 74 valence electrons. The third-order valence-corrected chi connectivity index (χ3v) is 2.61. The molecule has 1 N–H and O–H groups in total. The summed E-state index contributed by atoms with van der Waals surface area (Å²) in [5, 5.41) is 2.51. The number of fused-ring (bicyclic) bond motifs is 1. The molecule has 0 atom stereocenters. The van der Waals surface area contributed by atoms with Crippen molar-refractivity contribution in [2.24, 2.45) is 0 Å².